The first-order valence-electron chi connectivity index (χ1n) is 8.67. The van der Waals surface area contributed by atoms with Gasteiger partial charge in [-0.15, -0.1) is 0 Å². The number of pyridine rings is 1. The van der Waals surface area contributed by atoms with E-state index in [0.717, 1.165) is 38.0 Å². The van der Waals surface area contributed by atoms with Crippen LogP contribution in [0.2, 0.25) is 0 Å². The summed E-state index contributed by atoms with van der Waals surface area (Å²) < 4.78 is 1.76. The molecule has 2 heterocycles. The van der Waals surface area contributed by atoms with Gasteiger partial charge in [0.05, 0.1) is 5.92 Å². The zero-order valence-corrected chi connectivity index (χ0v) is 14.5. The van der Waals surface area contributed by atoms with Crippen LogP contribution in [0.5, 0.6) is 0 Å². The lowest BCUT2D eigenvalue weighted by Gasteiger charge is -2.34. The van der Waals surface area contributed by atoms with Crippen molar-refractivity contribution in [2.24, 2.45) is 5.92 Å². The first-order chi connectivity index (χ1) is 11.0. The Kier molecular flexibility index (Phi) is 6.39. The lowest BCUT2D eigenvalue weighted by molar-refractivity contribution is -0.126. The van der Waals surface area contributed by atoms with Gasteiger partial charge < -0.3 is 14.8 Å². The number of likely N-dealkylation sites (tertiary alicyclic amines) is 1. The van der Waals surface area contributed by atoms with Gasteiger partial charge in [0.25, 0.3) is 5.56 Å². The van der Waals surface area contributed by atoms with Crippen LogP contribution in [-0.4, -0.2) is 41.1 Å². The van der Waals surface area contributed by atoms with Crippen molar-refractivity contribution < 1.29 is 4.79 Å². The molecule has 1 unspecified atom stereocenters. The molecule has 0 saturated carbocycles. The van der Waals surface area contributed by atoms with Crippen molar-refractivity contribution >= 4 is 5.91 Å². The average Bonchev–Trinajstić information content (AvgIpc) is 2.53. The van der Waals surface area contributed by atoms with Crippen LogP contribution in [0.1, 0.15) is 38.8 Å². The Balaban J connectivity index is 1.76. The summed E-state index contributed by atoms with van der Waals surface area (Å²) in [5.74, 6) is 0.264. The molecular weight excluding hydrogens is 290 g/mol. The van der Waals surface area contributed by atoms with Gasteiger partial charge >= 0.3 is 0 Å². The summed E-state index contributed by atoms with van der Waals surface area (Å²) in [5, 5.41) is 3.04. The van der Waals surface area contributed by atoms with Gasteiger partial charge in [-0.25, -0.2) is 0 Å². The fourth-order valence-corrected chi connectivity index (χ4v) is 3.19. The van der Waals surface area contributed by atoms with Gasteiger partial charge in [0.2, 0.25) is 5.91 Å². The fraction of sp³-hybridized carbons (Fsp3) is 0.667. The summed E-state index contributed by atoms with van der Waals surface area (Å²) in [4.78, 5) is 26.5. The van der Waals surface area contributed by atoms with Crippen LogP contribution in [0.25, 0.3) is 0 Å². The molecule has 0 bridgehead atoms. The van der Waals surface area contributed by atoms with E-state index in [-0.39, 0.29) is 17.4 Å². The monoisotopic (exact) mass is 319 g/mol. The number of carbonyl (C=O) groups is 1. The van der Waals surface area contributed by atoms with E-state index in [4.69, 9.17) is 0 Å². The maximum absolute atomic E-state index is 12.3. The second kappa shape index (κ2) is 8.29. The lowest BCUT2D eigenvalue weighted by atomic mass is 9.96. The third-order valence-corrected chi connectivity index (χ3v) is 4.68. The Morgan fingerprint density at radius 2 is 2.17 bits per heavy atom. The molecule has 0 radical (unpaired) electrons. The maximum Gasteiger partial charge on any atom is 0.250 e. The topological polar surface area (TPSA) is 54.3 Å². The molecule has 1 amide bonds. The highest BCUT2D eigenvalue weighted by atomic mass is 16.2. The average molecular weight is 319 g/mol. The minimum Gasteiger partial charge on any atom is -0.356 e. The number of aromatic nitrogens is 1. The number of rotatable bonds is 6. The van der Waals surface area contributed by atoms with Crippen molar-refractivity contribution in [2.45, 2.75) is 52.6 Å². The third kappa shape index (κ3) is 4.93. The quantitative estimate of drug-likeness (QED) is 0.813. The predicted octanol–water partition coefficient (Wildman–Crippen LogP) is 1.78. The molecule has 128 valence electrons. The van der Waals surface area contributed by atoms with Crippen molar-refractivity contribution in [2.75, 3.05) is 19.6 Å². The molecular formula is C18H29N3O2. The van der Waals surface area contributed by atoms with Gasteiger partial charge in [0.1, 0.15) is 0 Å². The van der Waals surface area contributed by atoms with Gasteiger partial charge in [0, 0.05) is 37.4 Å². The van der Waals surface area contributed by atoms with Crippen LogP contribution in [0.3, 0.4) is 0 Å². The summed E-state index contributed by atoms with van der Waals surface area (Å²) in [6.45, 7) is 9.52. The summed E-state index contributed by atoms with van der Waals surface area (Å²) in [7, 11) is 0. The number of piperidine rings is 1. The van der Waals surface area contributed by atoms with Crippen molar-refractivity contribution in [1.29, 1.82) is 0 Å². The van der Waals surface area contributed by atoms with Crippen molar-refractivity contribution in [3.05, 3.63) is 34.2 Å². The Hall–Kier alpha value is -1.62. The van der Waals surface area contributed by atoms with Crippen LogP contribution < -0.4 is 10.9 Å². The zero-order chi connectivity index (χ0) is 16.8. The molecule has 23 heavy (non-hydrogen) atoms. The molecule has 0 aliphatic carbocycles. The highest BCUT2D eigenvalue weighted by Crippen LogP contribution is 2.18. The molecule has 0 aromatic carbocycles. The number of carbonyl (C=O) groups excluding carboxylic acids is 1. The van der Waals surface area contributed by atoms with E-state index in [1.165, 1.54) is 0 Å². The SMILES string of the molecule is Cc1cccc(=O)n1CCCNC(=O)C1CCCN(C(C)C)C1. The molecule has 5 nitrogen and oxygen atoms in total. The molecule has 2 rings (SSSR count). The summed E-state index contributed by atoms with van der Waals surface area (Å²) >= 11 is 0. The second-order valence-electron chi connectivity index (χ2n) is 6.73. The highest BCUT2D eigenvalue weighted by molar-refractivity contribution is 5.78. The summed E-state index contributed by atoms with van der Waals surface area (Å²) in [6.07, 6.45) is 2.85. The number of hydrogen-bond donors (Lipinski definition) is 1. The van der Waals surface area contributed by atoms with Crippen LogP contribution in [0.15, 0.2) is 23.0 Å². The predicted molar refractivity (Wildman–Crippen MR) is 92.5 cm³/mol. The van der Waals surface area contributed by atoms with E-state index in [2.05, 4.69) is 24.1 Å². The molecule has 1 aliphatic rings. The van der Waals surface area contributed by atoms with Crippen LogP contribution >= 0.6 is 0 Å². The number of hydrogen-bond acceptors (Lipinski definition) is 3. The maximum atomic E-state index is 12.3. The van der Waals surface area contributed by atoms with Gasteiger partial charge in [-0.1, -0.05) is 6.07 Å². The Bertz CT molecular complexity index is 580. The number of nitrogens with one attached hydrogen (secondary N) is 1. The van der Waals surface area contributed by atoms with Crippen LogP contribution in [0, 0.1) is 12.8 Å². The Morgan fingerprint density at radius 1 is 1.39 bits per heavy atom. The van der Waals surface area contributed by atoms with E-state index in [0.29, 0.717) is 19.1 Å². The van der Waals surface area contributed by atoms with Gasteiger partial charge in [-0.2, -0.15) is 0 Å². The standard InChI is InChI=1S/C18H29N3O2/c1-14(2)20-11-5-8-16(13-20)18(23)19-10-6-12-21-15(3)7-4-9-17(21)22/h4,7,9,14,16H,5-6,8,10-13H2,1-3H3,(H,19,23). The number of nitrogens with zero attached hydrogens (tertiary/aromatic N) is 2. The molecule has 1 atom stereocenters. The minimum absolute atomic E-state index is 0.0242. The highest BCUT2D eigenvalue weighted by Gasteiger charge is 2.26. The zero-order valence-electron chi connectivity index (χ0n) is 14.5. The van der Waals surface area contributed by atoms with Crippen molar-refractivity contribution in [3.8, 4) is 0 Å². The van der Waals surface area contributed by atoms with Crippen LogP contribution in [-0.2, 0) is 11.3 Å². The molecule has 1 fully saturated rings. The number of amides is 1. The van der Waals surface area contributed by atoms with Crippen molar-refractivity contribution in [1.82, 2.24) is 14.8 Å². The largest absolute Gasteiger partial charge is 0.356 e. The second-order valence-corrected chi connectivity index (χ2v) is 6.73. The lowest BCUT2D eigenvalue weighted by Crippen LogP contribution is -2.45. The van der Waals surface area contributed by atoms with E-state index in [1.54, 1.807) is 16.7 Å². The van der Waals surface area contributed by atoms with Gasteiger partial charge in [0.15, 0.2) is 0 Å². The van der Waals surface area contributed by atoms with E-state index in [1.807, 2.05) is 13.0 Å². The van der Waals surface area contributed by atoms with E-state index < -0.39 is 0 Å². The molecule has 1 N–H and O–H groups in total. The van der Waals surface area contributed by atoms with E-state index in [9.17, 15) is 9.59 Å². The molecule has 1 aliphatic heterocycles. The molecule has 1 aromatic rings. The van der Waals surface area contributed by atoms with E-state index >= 15 is 0 Å². The Morgan fingerprint density at radius 3 is 2.87 bits per heavy atom. The Labute approximate surface area is 138 Å². The van der Waals surface area contributed by atoms with Gasteiger partial charge in [-0.05, 0) is 52.6 Å². The fourth-order valence-electron chi connectivity index (χ4n) is 3.19. The van der Waals surface area contributed by atoms with Crippen molar-refractivity contribution in [3.63, 3.8) is 0 Å². The third-order valence-electron chi connectivity index (χ3n) is 4.68. The molecule has 1 saturated heterocycles. The molecule has 5 heteroatoms. The summed E-state index contributed by atoms with van der Waals surface area (Å²) in [5.41, 5.74) is 0.986. The minimum atomic E-state index is 0.0242. The number of aryl methyl sites for hydroxylation is 1. The molecule has 0 spiro atoms. The van der Waals surface area contributed by atoms with Gasteiger partial charge in [-0.3, -0.25) is 9.59 Å². The van der Waals surface area contributed by atoms with Crippen LogP contribution in [0.4, 0.5) is 0 Å². The smallest absolute Gasteiger partial charge is 0.250 e. The first-order valence-corrected chi connectivity index (χ1v) is 8.67. The summed E-state index contributed by atoms with van der Waals surface area (Å²) in [6, 6.07) is 5.79. The normalized spacial score (nSPS) is 19.0. The molecule has 1 aromatic heterocycles. The first kappa shape index (κ1) is 17.7.